The normalized spacial score (nSPS) is 19.0. The second kappa shape index (κ2) is 9.08. The number of hydrogen-bond acceptors (Lipinski definition) is 7. The van der Waals surface area contributed by atoms with Crippen LogP contribution in [-0.4, -0.2) is 42.5 Å². The van der Waals surface area contributed by atoms with Crippen LogP contribution in [0.4, 0.5) is 11.5 Å². The minimum Gasteiger partial charge on any atom is -0.481 e. The van der Waals surface area contributed by atoms with Crippen molar-refractivity contribution in [1.29, 1.82) is 0 Å². The molecule has 0 aliphatic heterocycles. The molecule has 1 fully saturated rings. The molecule has 1 aliphatic carbocycles. The van der Waals surface area contributed by atoms with Gasteiger partial charge < -0.3 is 15.2 Å². The van der Waals surface area contributed by atoms with Gasteiger partial charge in [0, 0.05) is 11.8 Å². The molecule has 11 heteroatoms. The minimum absolute atomic E-state index is 0.0286. The first kappa shape index (κ1) is 21.5. The van der Waals surface area contributed by atoms with Gasteiger partial charge in [-0.15, -0.1) is 0 Å². The molecular formula is C19H22N4O6S. The number of benzene rings is 1. The Morgan fingerprint density at radius 3 is 2.40 bits per heavy atom. The van der Waals surface area contributed by atoms with Crippen molar-refractivity contribution in [3.8, 4) is 5.88 Å². The molecule has 1 heterocycles. The second-order valence-corrected chi connectivity index (χ2v) is 8.58. The predicted octanol–water partition coefficient (Wildman–Crippen LogP) is 2.12. The van der Waals surface area contributed by atoms with Crippen LogP contribution < -0.4 is 14.8 Å². The monoisotopic (exact) mass is 434 g/mol. The summed E-state index contributed by atoms with van der Waals surface area (Å²) >= 11 is 0. The van der Waals surface area contributed by atoms with E-state index in [-0.39, 0.29) is 22.5 Å². The number of sulfonamides is 1. The molecular weight excluding hydrogens is 412 g/mol. The van der Waals surface area contributed by atoms with E-state index in [0.717, 1.165) is 12.8 Å². The lowest BCUT2D eigenvalue weighted by Gasteiger charge is -2.27. The number of carbonyl (C=O) groups excluding carboxylic acids is 1. The van der Waals surface area contributed by atoms with Gasteiger partial charge in [0.1, 0.15) is 12.1 Å². The Morgan fingerprint density at radius 2 is 1.77 bits per heavy atom. The number of methoxy groups -OCH3 is 1. The molecule has 0 saturated heterocycles. The lowest BCUT2D eigenvalue weighted by atomic mass is 9.78. The van der Waals surface area contributed by atoms with E-state index in [4.69, 9.17) is 4.74 Å². The smallest absolute Gasteiger partial charge is 0.307 e. The van der Waals surface area contributed by atoms with Crippen LogP contribution in [0.1, 0.15) is 25.7 Å². The van der Waals surface area contributed by atoms with Crippen molar-refractivity contribution in [2.45, 2.75) is 30.6 Å². The summed E-state index contributed by atoms with van der Waals surface area (Å²) in [5, 5.41) is 12.0. The van der Waals surface area contributed by atoms with E-state index in [1.54, 1.807) is 0 Å². The fourth-order valence-corrected chi connectivity index (χ4v) is 4.40. The summed E-state index contributed by atoms with van der Waals surface area (Å²) in [7, 11) is -2.51. The van der Waals surface area contributed by atoms with E-state index >= 15 is 0 Å². The Kier molecular flexibility index (Phi) is 6.50. The van der Waals surface area contributed by atoms with Gasteiger partial charge >= 0.3 is 5.97 Å². The van der Waals surface area contributed by atoms with Crippen LogP contribution in [0, 0.1) is 11.8 Å². The topological polar surface area (TPSA) is 148 Å². The maximum Gasteiger partial charge on any atom is 0.307 e. The lowest BCUT2D eigenvalue weighted by Crippen LogP contribution is -2.36. The average molecular weight is 434 g/mol. The molecule has 1 aromatic carbocycles. The Balaban J connectivity index is 1.69. The summed E-state index contributed by atoms with van der Waals surface area (Å²) in [5.74, 6) is -2.38. The van der Waals surface area contributed by atoms with Gasteiger partial charge in [0.2, 0.25) is 11.8 Å². The first-order valence-corrected chi connectivity index (χ1v) is 10.8. The number of amides is 1. The zero-order valence-electron chi connectivity index (χ0n) is 16.2. The molecule has 30 heavy (non-hydrogen) atoms. The molecule has 3 rings (SSSR count). The lowest BCUT2D eigenvalue weighted by molar-refractivity contribution is -0.147. The Bertz CT molecular complexity index is 1030. The minimum atomic E-state index is -3.91. The quantitative estimate of drug-likeness (QED) is 0.600. The third kappa shape index (κ3) is 5.03. The fourth-order valence-electron chi connectivity index (χ4n) is 3.40. The van der Waals surface area contributed by atoms with Crippen LogP contribution in [0.5, 0.6) is 5.88 Å². The van der Waals surface area contributed by atoms with Crippen molar-refractivity contribution in [2.24, 2.45) is 11.8 Å². The van der Waals surface area contributed by atoms with E-state index in [1.165, 1.54) is 43.8 Å². The molecule has 3 N–H and O–H groups in total. The molecule has 0 radical (unpaired) electrons. The first-order chi connectivity index (χ1) is 14.3. The van der Waals surface area contributed by atoms with Crippen molar-refractivity contribution in [3.05, 3.63) is 36.7 Å². The van der Waals surface area contributed by atoms with E-state index in [1.807, 2.05) is 0 Å². The first-order valence-electron chi connectivity index (χ1n) is 9.33. The molecule has 0 spiro atoms. The average Bonchev–Trinajstić information content (AvgIpc) is 2.74. The number of nitrogens with zero attached hydrogens (tertiary/aromatic N) is 2. The van der Waals surface area contributed by atoms with E-state index in [2.05, 4.69) is 20.0 Å². The van der Waals surface area contributed by atoms with Crippen LogP contribution in [-0.2, 0) is 19.6 Å². The van der Waals surface area contributed by atoms with Crippen LogP contribution in [0.15, 0.2) is 41.6 Å². The van der Waals surface area contributed by atoms with Crippen molar-refractivity contribution in [2.75, 3.05) is 17.1 Å². The Morgan fingerprint density at radius 1 is 1.10 bits per heavy atom. The molecule has 160 valence electrons. The molecule has 1 aliphatic rings. The summed E-state index contributed by atoms with van der Waals surface area (Å²) < 4.78 is 32.3. The Labute approximate surface area is 173 Å². The molecule has 10 nitrogen and oxygen atoms in total. The van der Waals surface area contributed by atoms with Gasteiger partial charge in [-0.1, -0.05) is 12.8 Å². The number of ether oxygens (including phenoxy) is 1. The highest BCUT2D eigenvalue weighted by Crippen LogP contribution is 2.31. The van der Waals surface area contributed by atoms with Gasteiger partial charge in [-0.3, -0.25) is 14.3 Å². The Hall–Kier alpha value is -3.21. The number of aromatic nitrogens is 2. The second-order valence-electron chi connectivity index (χ2n) is 6.90. The number of anilines is 2. The van der Waals surface area contributed by atoms with Crippen LogP contribution in [0.2, 0.25) is 0 Å². The summed E-state index contributed by atoms with van der Waals surface area (Å²) in [6, 6.07) is 6.92. The van der Waals surface area contributed by atoms with E-state index < -0.39 is 27.8 Å². The van der Waals surface area contributed by atoms with E-state index in [9.17, 15) is 23.1 Å². The van der Waals surface area contributed by atoms with Crippen molar-refractivity contribution in [1.82, 2.24) is 9.97 Å². The van der Waals surface area contributed by atoms with E-state index in [0.29, 0.717) is 18.5 Å². The highest BCUT2D eigenvalue weighted by Gasteiger charge is 2.35. The SMILES string of the molecule is COc1cc(NS(=O)(=O)c2ccc(NC(=O)C3CCCCC3C(=O)O)cc2)ncn1. The predicted molar refractivity (Wildman–Crippen MR) is 108 cm³/mol. The highest BCUT2D eigenvalue weighted by atomic mass is 32.2. The number of nitrogens with one attached hydrogen (secondary N) is 2. The largest absolute Gasteiger partial charge is 0.481 e. The van der Waals surface area contributed by atoms with Crippen molar-refractivity contribution < 1.29 is 27.9 Å². The summed E-state index contributed by atoms with van der Waals surface area (Å²) in [6.45, 7) is 0. The van der Waals surface area contributed by atoms with Gasteiger partial charge in [-0.25, -0.2) is 18.4 Å². The van der Waals surface area contributed by atoms with Crippen LogP contribution >= 0.6 is 0 Å². The van der Waals surface area contributed by atoms with Gasteiger partial charge in [-0.2, -0.15) is 0 Å². The van der Waals surface area contributed by atoms with Crippen molar-refractivity contribution in [3.63, 3.8) is 0 Å². The molecule has 2 unspecified atom stereocenters. The molecule has 2 atom stereocenters. The maximum atomic E-state index is 12.5. The summed E-state index contributed by atoms with van der Waals surface area (Å²) in [6.07, 6.45) is 3.76. The third-order valence-electron chi connectivity index (χ3n) is 4.94. The number of carboxylic acids is 1. The standard InChI is InChI=1S/C19H22N4O6S/c1-29-17-10-16(20-11-21-17)23-30(27,28)13-8-6-12(7-9-13)22-18(24)14-4-2-3-5-15(14)19(25)26/h6-11,14-15H,2-5H2,1H3,(H,22,24)(H,25,26)(H,20,21,23). The zero-order valence-corrected chi connectivity index (χ0v) is 17.1. The van der Waals surface area contributed by atoms with Crippen molar-refractivity contribution >= 4 is 33.4 Å². The number of hydrogen-bond donors (Lipinski definition) is 3. The summed E-state index contributed by atoms with van der Waals surface area (Å²) in [4.78, 5) is 31.6. The van der Waals surface area contributed by atoms with Crippen LogP contribution in [0.25, 0.3) is 0 Å². The number of aliphatic carboxylic acids is 1. The number of carbonyl (C=O) groups is 2. The molecule has 1 saturated carbocycles. The van der Waals surface area contributed by atoms with Crippen LogP contribution in [0.3, 0.4) is 0 Å². The van der Waals surface area contributed by atoms with Gasteiger partial charge in [0.25, 0.3) is 10.0 Å². The van der Waals surface area contributed by atoms with Gasteiger partial charge in [0.15, 0.2) is 0 Å². The maximum absolute atomic E-state index is 12.5. The zero-order chi connectivity index (χ0) is 21.7. The molecule has 0 bridgehead atoms. The third-order valence-corrected chi connectivity index (χ3v) is 6.31. The van der Waals surface area contributed by atoms with Gasteiger partial charge in [0.05, 0.1) is 23.8 Å². The van der Waals surface area contributed by atoms with Gasteiger partial charge in [-0.05, 0) is 37.1 Å². The highest BCUT2D eigenvalue weighted by molar-refractivity contribution is 7.92. The summed E-state index contributed by atoms with van der Waals surface area (Å²) in [5.41, 5.74) is 0.386. The molecule has 1 aromatic heterocycles. The molecule has 2 aromatic rings. The number of rotatable bonds is 7. The fraction of sp³-hybridized carbons (Fsp3) is 0.368. The number of carboxylic acid groups (broad SMARTS) is 1. The molecule has 1 amide bonds.